The lowest BCUT2D eigenvalue weighted by atomic mass is 10.3. The zero-order chi connectivity index (χ0) is 15.2. The van der Waals surface area contributed by atoms with Gasteiger partial charge in [-0.3, -0.25) is 0 Å². The van der Waals surface area contributed by atoms with E-state index in [4.69, 9.17) is 39.5 Å². The van der Waals surface area contributed by atoms with Crippen molar-refractivity contribution in [1.82, 2.24) is 0 Å². The van der Waals surface area contributed by atoms with Gasteiger partial charge in [-0.1, -0.05) is 46.9 Å². The monoisotopic (exact) mass is 345 g/mol. The molecule has 0 aliphatic heterocycles. The highest BCUT2D eigenvalue weighted by Crippen LogP contribution is 2.29. The SMILES string of the molecule is OC(CNc1cccc(Cl)c1Cl)COc1cccc(Cl)c1. The van der Waals surface area contributed by atoms with Gasteiger partial charge in [0.15, 0.2) is 0 Å². The molecule has 1 atom stereocenters. The number of aliphatic hydroxyl groups excluding tert-OH is 1. The Labute approximate surface area is 138 Å². The Balaban J connectivity index is 1.82. The number of aliphatic hydroxyl groups is 1. The molecule has 0 aliphatic rings. The third-order valence-electron chi connectivity index (χ3n) is 2.72. The third kappa shape index (κ3) is 4.97. The van der Waals surface area contributed by atoms with Crippen molar-refractivity contribution in [2.24, 2.45) is 0 Å². The Morgan fingerprint density at radius 2 is 1.86 bits per heavy atom. The summed E-state index contributed by atoms with van der Waals surface area (Å²) in [5, 5.41) is 14.4. The Morgan fingerprint density at radius 1 is 1.10 bits per heavy atom. The molecular formula is C15H14Cl3NO2. The van der Waals surface area contributed by atoms with Crippen LogP contribution < -0.4 is 10.1 Å². The first-order valence-corrected chi connectivity index (χ1v) is 7.44. The van der Waals surface area contributed by atoms with Gasteiger partial charge in [-0.2, -0.15) is 0 Å². The molecule has 21 heavy (non-hydrogen) atoms. The van der Waals surface area contributed by atoms with E-state index in [0.717, 1.165) is 0 Å². The lowest BCUT2D eigenvalue weighted by Crippen LogP contribution is -2.26. The minimum Gasteiger partial charge on any atom is -0.491 e. The van der Waals surface area contributed by atoms with Gasteiger partial charge in [0.1, 0.15) is 18.5 Å². The van der Waals surface area contributed by atoms with E-state index in [0.29, 0.717) is 33.0 Å². The number of hydrogen-bond donors (Lipinski definition) is 2. The van der Waals surface area contributed by atoms with Crippen LogP contribution in [0, 0.1) is 0 Å². The Morgan fingerprint density at radius 3 is 2.62 bits per heavy atom. The first-order chi connectivity index (χ1) is 10.1. The summed E-state index contributed by atoms with van der Waals surface area (Å²) < 4.78 is 5.46. The summed E-state index contributed by atoms with van der Waals surface area (Å²) in [5.41, 5.74) is 0.672. The highest BCUT2D eigenvalue weighted by atomic mass is 35.5. The van der Waals surface area contributed by atoms with Crippen LogP contribution >= 0.6 is 34.8 Å². The zero-order valence-corrected chi connectivity index (χ0v) is 13.3. The summed E-state index contributed by atoms with van der Waals surface area (Å²) in [6.45, 7) is 0.437. The maximum Gasteiger partial charge on any atom is 0.120 e. The van der Waals surface area contributed by atoms with Crippen LogP contribution in [0.2, 0.25) is 15.1 Å². The third-order valence-corrected chi connectivity index (χ3v) is 3.77. The molecule has 0 amide bonds. The number of rotatable bonds is 6. The van der Waals surface area contributed by atoms with Crippen LogP contribution in [0.4, 0.5) is 5.69 Å². The van der Waals surface area contributed by atoms with Crippen molar-refractivity contribution in [2.75, 3.05) is 18.5 Å². The molecule has 2 aromatic carbocycles. The molecule has 0 aromatic heterocycles. The first-order valence-electron chi connectivity index (χ1n) is 6.30. The van der Waals surface area contributed by atoms with E-state index in [1.54, 1.807) is 42.5 Å². The summed E-state index contributed by atoms with van der Waals surface area (Å²) in [5.74, 6) is 0.613. The fourth-order valence-corrected chi connectivity index (χ4v) is 2.22. The first kappa shape index (κ1) is 16.2. The lowest BCUT2D eigenvalue weighted by molar-refractivity contribution is 0.117. The maximum atomic E-state index is 9.90. The van der Waals surface area contributed by atoms with E-state index in [9.17, 15) is 5.11 Å². The van der Waals surface area contributed by atoms with E-state index in [-0.39, 0.29) is 6.61 Å². The van der Waals surface area contributed by atoms with Gasteiger partial charge in [0.2, 0.25) is 0 Å². The molecule has 2 rings (SSSR count). The highest BCUT2D eigenvalue weighted by molar-refractivity contribution is 6.43. The number of ether oxygens (including phenoxy) is 1. The number of nitrogens with one attached hydrogen (secondary N) is 1. The Bertz CT molecular complexity index is 607. The van der Waals surface area contributed by atoms with Crippen LogP contribution in [-0.2, 0) is 0 Å². The fourth-order valence-electron chi connectivity index (χ4n) is 1.68. The second-order valence-corrected chi connectivity index (χ2v) is 5.63. The van der Waals surface area contributed by atoms with Gasteiger partial charge in [0.25, 0.3) is 0 Å². The molecule has 0 heterocycles. The minimum atomic E-state index is -0.695. The predicted octanol–water partition coefficient (Wildman–Crippen LogP) is 4.50. The Hall–Kier alpha value is -1.13. The maximum absolute atomic E-state index is 9.90. The average Bonchev–Trinajstić information content (AvgIpc) is 2.47. The van der Waals surface area contributed by atoms with Gasteiger partial charge in [-0.25, -0.2) is 0 Å². The predicted molar refractivity (Wildman–Crippen MR) is 87.9 cm³/mol. The van der Waals surface area contributed by atoms with Gasteiger partial charge in [-0.05, 0) is 30.3 Å². The lowest BCUT2D eigenvalue weighted by Gasteiger charge is -2.15. The van der Waals surface area contributed by atoms with Gasteiger partial charge < -0.3 is 15.2 Å². The smallest absolute Gasteiger partial charge is 0.120 e. The fraction of sp³-hybridized carbons (Fsp3) is 0.200. The summed E-state index contributed by atoms with van der Waals surface area (Å²) in [4.78, 5) is 0. The van der Waals surface area contributed by atoms with E-state index >= 15 is 0 Å². The molecule has 0 saturated carbocycles. The molecular weight excluding hydrogens is 333 g/mol. The van der Waals surface area contributed by atoms with E-state index in [1.165, 1.54) is 0 Å². The summed E-state index contributed by atoms with van der Waals surface area (Å²) >= 11 is 17.8. The second-order valence-electron chi connectivity index (χ2n) is 4.40. The van der Waals surface area contributed by atoms with Crippen LogP contribution in [0.5, 0.6) is 5.75 Å². The zero-order valence-electron chi connectivity index (χ0n) is 11.0. The van der Waals surface area contributed by atoms with Crippen LogP contribution in [0.3, 0.4) is 0 Å². The normalized spacial score (nSPS) is 12.0. The molecule has 3 nitrogen and oxygen atoms in total. The quantitative estimate of drug-likeness (QED) is 0.809. The van der Waals surface area contributed by atoms with Crippen molar-refractivity contribution in [3.05, 3.63) is 57.5 Å². The van der Waals surface area contributed by atoms with Gasteiger partial charge in [0.05, 0.1) is 15.7 Å². The molecule has 0 bridgehead atoms. The minimum absolute atomic E-state index is 0.144. The second kappa shape index (κ2) is 7.76. The molecule has 0 saturated heterocycles. The standard InChI is InChI=1S/C15H14Cl3NO2/c16-10-3-1-4-12(7-10)21-9-11(20)8-19-14-6-2-5-13(17)15(14)18/h1-7,11,19-20H,8-9H2. The van der Waals surface area contributed by atoms with E-state index in [1.807, 2.05) is 0 Å². The van der Waals surface area contributed by atoms with Crippen LogP contribution in [0.15, 0.2) is 42.5 Å². The number of halogens is 3. The molecule has 0 spiro atoms. The molecule has 0 fully saturated rings. The van der Waals surface area contributed by atoms with Gasteiger partial charge >= 0.3 is 0 Å². The topological polar surface area (TPSA) is 41.5 Å². The van der Waals surface area contributed by atoms with Crippen molar-refractivity contribution in [2.45, 2.75) is 6.10 Å². The summed E-state index contributed by atoms with van der Waals surface area (Å²) in [7, 11) is 0. The Kier molecular flexibility index (Phi) is 6.00. The number of benzene rings is 2. The highest BCUT2D eigenvalue weighted by Gasteiger charge is 2.08. The molecule has 112 valence electrons. The van der Waals surface area contributed by atoms with Crippen LogP contribution in [0.25, 0.3) is 0 Å². The number of hydrogen-bond acceptors (Lipinski definition) is 3. The summed E-state index contributed by atoms with van der Waals surface area (Å²) in [6.07, 6.45) is -0.695. The number of anilines is 1. The molecule has 0 radical (unpaired) electrons. The van der Waals surface area contributed by atoms with E-state index in [2.05, 4.69) is 5.32 Å². The average molecular weight is 347 g/mol. The van der Waals surface area contributed by atoms with Gasteiger partial charge in [-0.15, -0.1) is 0 Å². The van der Waals surface area contributed by atoms with Crippen LogP contribution in [0.1, 0.15) is 0 Å². The molecule has 6 heteroatoms. The van der Waals surface area contributed by atoms with Crippen molar-refractivity contribution >= 4 is 40.5 Å². The van der Waals surface area contributed by atoms with Crippen molar-refractivity contribution in [3.8, 4) is 5.75 Å². The van der Waals surface area contributed by atoms with Crippen LogP contribution in [-0.4, -0.2) is 24.4 Å². The van der Waals surface area contributed by atoms with Crippen molar-refractivity contribution < 1.29 is 9.84 Å². The van der Waals surface area contributed by atoms with Crippen molar-refractivity contribution in [3.63, 3.8) is 0 Å². The molecule has 0 aliphatic carbocycles. The van der Waals surface area contributed by atoms with Crippen molar-refractivity contribution in [1.29, 1.82) is 0 Å². The van der Waals surface area contributed by atoms with E-state index < -0.39 is 6.10 Å². The summed E-state index contributed by atoms with van der Waals surface area (Å²) in [6, 6.07) is 12.3. The molecule has 2 aromatic rings. The molecule has 1 unspecified atom stereocenters. The largest absolute Gasteiger partial charge is 0.491 e. The van der Waals surface area contributed by atoms with Gasteiger partial charge in [0, 0.05) is 11.6 Å². The molecule has 2 N–H and O–H groups in total.